The van der Waals surface area contributed by atoms with Gasteiger partial charge < -0.3 is 10.6 Å². The Morgan fingerprint density at radius 3 is 2.88 bits per heavy atom. The zero-order valence-electron chi connectivity index (χ0n) is 9.89. The average Bonchev–Trinajstić information content (AvgIpc) is 2.30. The van der Waals surface area contributed by atoms with Crippen LogP contribution < -0.4 is 10.6 Å². The minimum Gasteiger partial charge on any atom is -0.322 e. The van der Waals surface area contributed by atoms with Crippen LogP contribution in [0.15, 0.2) is 18.2 Å². The Balaban J connectivity index is 2.53. The first kappa shape index (κ1) is 13.9. The lowest BCUT2D eigenvalue weighted by Gasteiger charge is -2.11. The normalized spacial score (nSPS) is 12.2. The van der Waals surface area contributed by atoms with Crippen LogP contribution in [-0.2, 0) is 4.79 Å². The second-order valence-corrected chi connectivity index (χ2v) is 4.30. The molecule has 0 saturated carbocycles. The van der Waals surface area contributed by atoms with Crippen molar-refractivity contribution < 1.29 is 9.18 Å². The molecule has 1 aromatic rings. The highest BCUT2D eigenvalue weighted by Crippen LogP contribution is 2.19. The minimum atomic E-state index is -0.494. The van der Waals surface area contributed by atoms with Gasteiger partial charge in [0.15, 0.2) is 0 Å². The molecule has 1 aromatic carbocycles. The summed E-state index contributed by atoms with van der Waals surface area (Å²) in [7, 11) is 0. The molecular weight excluding hydrogens is 243 g/mol. The van der Waals surface area contributed by atoms with E-state index in [4.69, 9.17) is 11.6 Å². The fraction of sp³-hybridized carbons (Fsp3) is 0.417. The number of carbonyl (C=O) groups excluding carboxylic acids is 1. The van der Waals surface area contributed by atoms with Gasteiger partial charge in [-0.1, -0.05) is 18.5 Å². The standard InChI is InChI=1S/C12H16ClFN2O/c1-3-8(2)15-7-12(17)16-11-6-9(13)4-5-10(11)14/h4-6,8,15H,3,7H2,1-2H3,(H,16,17). The van der Waals surface area contributed by atoms with Crippen molar-refractivity contribution in [1.29, 1.82) is 0 Å². The molecule has 1 atom stereocenters. The molecule has 0 aliphatic carbocycles. The van der Waals surface area contributed by atoms with E-state index >= 15 is 0 Å². The number of halogens is 2. The molecule has 1 rings (SSSR count). The van der Waals surface area contributed by atoms with Gasteiger partial charge in [-0.25, -0.2) is 4.39 Å². The number of nitrogens with one attached hydrogen (secondary N) is 2. The van der Waals surface area contributed by atoms with Crippen LogP contribution in [0.2, 0.25) is 5.02 Å². The predicted molar refractivity (Wildman–Crippen MR) is 67.8 cm³/mol. The second kappa shape index (κ2) is 6.57. The third-order valence-corrected chi connectivity index (χ3v) is 2.66. The number of anilines is 1. The Morgan fingerprint density at radius 2 is 2.24 bits per heavy atom. The van der Waals surface area contributed by atoms with E-state index in [2.05, 4.69) is 10.6 Å². The zero-order valence-corrected chi connectivity index (χ0v) is 10.6. The first-order valence-corrected chi connectivity index (χ1v) is 5.89. The van der Waals surface area contributed by atoms with Gasteiger partial charge in [0.2, 0.25) is 5.91 Å². The SMILES string of the molecule is CCC(C)NCC(=O)Nc1cc(Cl)ccc1F. The lowest BCUT2D eigenvalue weighted by Crippen LogP contribution is -2.34. The molecule has 0 fully saturated rings. The summed E-state index contributed by atoms with van der Waals surface area (Å²) in [6, 6.07) is 4.30. The van der Waals surface area contributed by atoms with Gasteiger partial charge in [-0.05, 0) is 31.5 Å². The molecule has 1 amide bonds. The molecule has 94 valence electrons. The van der Waals surface area contributed by atoms with Gasteiger partial charge in [-0.2, -0.15) is 0 Å². The van der Waals surface area contributed by atoms with E-state index in [1.807, 2.05) is 13.8 Å². The molecule has 1 unspecified atom stereocenters. The van der Waals surface area contributed by atoms with Crippen LogP contribution in [-0.4, -0.2) is 18.5 Å². The fourth-order valence-corrected chi connectivity index (χ4v) is 1.37. The number of hydrogen-bond acceptors (Lipinski definition) is 2. The first-order chi connectivity index (χ1) is 8.02. The van der Waals surface area contributed by atoms with Crippen LogP contribution in [0.3, 0.4) is 0 Å². The number of benzene rings is 1. The summed E-state index contributed by atoms with van der Waals surface area (Å²) in [5.74, 6) is -0.780. The summed E-state index contributed by atoms with van der Waals surface area (Å²) < 4.78 is 13.3. The fourth-order valence-electron chi connectivity index (χ4n) is 1.20. The number of amides is 1. The van der Waals surface area contributed by atoms with E-state index in [1.165, 1.54) is 18.2 Å². The van der Waals surface area contributed by atoms with Crippen LogP contribution >= 0.6 is 11.6 Å². The molecule has 5 heteroatoms. The number of rotatable bonds is 5. The molecular formula is C12H16ClFN2O. The largest absolute Gasteiger partial charge is 0.322 e. The molecule has 0 radical (unpaired) electrons. The van der Waals surface area contributed by atoms with Crippen molar-refractivity contribution in [2.45, 2.75) is 26.3 Å². The summed E-state index contributed by atoms with van der Waals surface area (Å²) in [4.78, 5) is 11.5. The first-order valence-electron chi connectivity index (χ1n) is 5.51. The van der Waals surface area contributed by atoms with E-state index in [9.17, 15) is 9.18 Å². The molecule has 2 N–H and O–H groups in total. The third-order valence-electron chi connectivity index (χ3n) is 2.43. The number of carbonyl (C=O) groups is 1. The summed E-state index contributed by atoms with van der Waals surface area (Å²) in [6.07, 6.45) is 0.929. The van der Waals surface area contributed by atoms with Crippen LogP contribution in [0, 0.1) is 5.82 Å². The zero-order chi connectivity index (χ0) is 12.8. The summed E-state index contributed by atoms with van der Waals surface area (Å²) >= 11 is 5.72. The monoisotopic (exact) mass is 258 g/mol. The van der Waals surface area contributed by atoms with Crippen LogP contribution in [0.5, 0.6) is 0 Å². The van der Waals surface area contributed by atoms with E-state index in [0.29, 0.717) is 5.02 Å². The molecule has 0 aromatic heterocycles. The van der Waals surface area contributed by atoms with Gasteiger partial charge in [0.1, 0.15) is 5.82 Å². The molecule has 0 bridgehead atoms. The van der Waals surface area contributed by atoms with Crippen molar-refractivity contribution in [2.75, 3.05) is 11.9 Å². The van der Waals surface area contributed by atoms with Gasteiger partial charge in [0.05, 0.1) is 12.2 Å². The van der Waals surface area contributed by atoms with Gasteiger partial charge in [0.25, 0.3) is 0 Å². The maximum Gasteiger partial charge on any atom is 0.238 e. The van der Waals surface area contributed by atoms with Crippen molar-refractivity contribution >= 4 is 23.2 Å². The van der Waals surface area contributed by atoms with E-state index < -0.39 is 5.82 Å². The second-order valence-electron chi connectivity index (χ2n) is 3.86. The number of hydrogen-bond donors (Lipinski definition) is 2. The highest BCUT2D eigenvalue weighted by Gasteiger charge is 2.08. The van der Waals surface area contributed by atoms with E-state index in [-0.39, 0.29) is 24.2 Å². The molecule has 0 heterocycles. The van der Waals surface area contributed by atoms with Gasteiger partial charge in [0, 0.05) is 11.1 Å². The Bertz CT molecular complexity index is 398. The van der Waals surface area contributed by atoms with E-state index in [0.717, 1.165) is 6.42 Å². The summed E-state index contributed by atoms with van der Waals surface area (Å²) in [6.45, 7) is 4.15. The third kappa shape index (κ3) is 4.71. The Hall–Kier alpha value is -1.13. The van der Waals surface area contributed by atoms with Crippen molar-refractivity contribution in [3.63, 3.8) is 0 Å². The van der Waals surface area contributed by atoms with Crippen LogP contribution in [0.25, 0.3) is 0 Å². The van der Waals surface area contributed by atoms with Crippen molar-refractivity contribution in [2.24, 2.45) is 0 Å². The summed E-state index contributed by atoms with van der Waals surface area (Å²) in [5, 5.41) is 5.87. The predicted octanol–water partition coefficient (Wildman–Crippen LogP) is 2.81. The lowest BCUT2D eigenvalue weighted by atomic mass is 10.2. The Labute approximate surface area is 105 Å². The molecule has 0 spiro atoms. The van der Waals surface area contributed by atoms with Crippen LogP contribution in [0.4, 0.5) is 10.1 Å². The quantitative estimate of drug-likeness (QED) is 0.853. The topological polar surface area (TPSA) is 41.1 Å². The van der Waals surface area contributed by atoms with Crippen molar-refractivity contribution in [3.05, 3.63) is 29.0 Å². The van der Waals surface area contributed by atoms with Gasteiger partial charge >= 0.3 is 0 Å². The molecule has 0 aliphatic heterocycles. The highest BCUT2D eigenvalue weighted by molar-refractivity contribution is 6.30. The maximum absolute atomic E-state index is 13.3. The molecule has 0 aliphatic rings. The average molecular weight is 259 g/mol. The minimum absolute atomic E-state index is 0.105. The van der Waals surface area contributed by atoms with Crippen LogP contribution in [0.1, 0.15) is 20.3 Å². The Morgan fingerprint density at radius 1 is 1.53 bits per heavy atom. The van der Waals surface area contributed by atoms with E-state index in [1.54, 1.807) is 0 Å². The van der Waals surface area contributed by atoms with Crippen molar-refractivity contribution in [3.8, 4) is 0 Å². The smallest absolute Gasteiger partial charge is 0.238 e. The van der Waals surface area contributed by atoms with Crippen molar-refractivity contribution in [1.82, 2.24) is 5.32 Å². The molecule has 3 nitrogen and oxygen atoms in total. The molecule has 17 heavy (non-hydrogen) atoms. The Kier molecular flexibility index (Phi) is 5.38. The lowest BCUT2D eigenvalue weighted by molar-refractivity contribution is -0.115. The highest BCUT2D eigenvalue weighted by atomic mass is 35.5. The van der Waals surface area contributed by atoms with Gasteiger partial charge in [-0.15, -0.1) is 0 Å². The molecule has 0 saturated heterocycles. The summed E-state index contributed by atoms with van der Waals surface area (Å²) in [5.41, 5.74) is 0.105. The maximum atomic E-state index is 13.3. The van der Waals surface area contributed by atoms with Gasteiger partial charge in [-0.3, -0.25) is 4.79 Å².